The van der Waals surface area contributed by atoms with Gasteiger partial charge < -0.3 is 10.1 Å². The van der Waals surface area contributed by atoms with Crippen molar-refractivity contribution in [2.45, 2.75) is 24.0 Å². The van der Waals surface area contributed by atoms with Crippen molar-refractivity contribution >= 4 is 17.7 Å². The molecule has 1 saturated heterocycles. The van der Waals surface area contributed by atoms with Crippen LogP contribution in [0.4, 0.5) is 0 Å². The molecule has 2 rings (SSSR count). The lowest BCUT2D eigenvalue weighted by Crippen LogP contribution is -2.43. The Balaban J connectivity index is 2.07. The summed E-state index contributed by atoms with van der Waals surface area (Å²) in [7, 11) is 1.71. The quantitative estimate of drug-likeness (QED) is 0.842. The maximum Gasteiger partial charge on any atom is 0.252 e. The average molecular weight is 294 g/mol. The predicted octanol–water partition coefficient (Wildman–Crippen LogP) is 1.86. The van der Waals surface area contributed by atoms with Crippen LogP contribution in [-0.2, 0) is 4.74 Å². The van der Waals surface area contributed by atoms with Gasteiger partial charge in [-0.05, 0) is 24.9 Å². The largest absolute Gasteiger partial charge is 0.378 e. The van der Waals surface area contributed by atoms with E-state index in [-0.39, 0.29) is 18.1 Å². The zero-order valence-corrected chi connectivity index (χ0v) is 13.1. The van der Waals surface area contributed by atoms with Crippen LogP contribution < -0.4 is 5.32 Å². The number of methoxy groups -OCH3 is 1. The number of amides is 1. The molecule has 4 nitrogen and oxygen atoms in total. The van der Waals surface area contributed by atoms with Gasteiger partial charge in [0.2, 0.25) is 0 Å². The van der Waals surface area contributed by atoms with Gasteiger partial charge in [0.25, 0.3) is 5.91 Å². The highest BCUT2D eigenvalue weighted by Crippen LogP contribution is 2.20. The molecule has 1 aromatic rings. The Morgan fingerprint density at radius 2 is 2.20 bits per heavy atom. The van der Waals surface area contributed by atoms with Crippen molar-refractivity contribution in [2.24, 2.45) is 0 Å². The van der Waals surface area contributed by atoms with Gasteiger partial charge in [-0.2, -0.15) is 0 Å². The van der Waals surface area contributed by atoms with E-state index >= 15 is 0 Å². The summed E-state index contributed by atoms with van der Waals surface area (Å²) < 4.78 is 5.49. The van der Waals surface area contributed by atoms with Gasteiger partial charge >= 0.3 is 0 Å². The third-order valence-electron chi connectivity index (χ3n) is 3.76. The van der Waals surface area contributed by atoms with Gasteiger partial charge in [-0.3, -0.25) is 9.69 Å². The van der Waals surface area contributed by atoms with E-state index in [1.807, 2.05) is 30.5 Å². The Labute approximate surface area is 124 Å². The Kier molecular flexibility index (Phi) is 5.46. The maximum atomic E-state index is 12.4. The van der Waals surface area contributed by atoms with E-state index in [4.69, 9.17) is 4.74 Å². The van der Waals surface area contributed by atoms with Crippen molar-refractivity contribution in [3.63, 3.8) is 0 Å². The summed E-state index contributed by atoms with van der Waals surface area (Å²) >= 11 is 1.59. The van der Waals surface area contributed by atoms with E-state index in [1.165, 1.54) is 0 Å². The smallest absolute Gasteiger partial charge is 0.252 e. The minimum atomic E-state index is -0.0139. The fraction of sp³-hybridized carbons (Fsp3) is 0.533. The summed E-state index contributed by atoms with van der Waals surface area (Å²) in [6.45, 7) is 4.83. The van der Waals surface area contributed by atoms with Gasteiger partial charge in [0.1, 0.15) is 0 Å². The Morgan fingerprint density at radius 1 is 1.45 bits per heavy atom. The molecule has 5 heteroatoms. The Bertz CT molecular complexity index is 467. The lowest BCUT2D eigenvalue weighted by atomic mass is 10.1. The third-order valence-corrected chi connectivity index (χ3v) is 4.56. The van der Waals surface area contributed by atoms with Gasteiger partial charge in [-0.25, -0.2) is 0 Å². The highest BCUT2D eigenvalue weighted by atomic mass is 32.2. The summed E-state index contributed by atoms with van der Waals surface area (Å²) in [5.74, 6) is -0.0139. The van der Waals surface area contributed by atoms with E-state index in [9.17, 15) is 4.79 Å². The molecular weight excluding hydrogens is 272 g/mol. The van der Waals surface area contributed by atoms with E-state index in [0.29, 0.717) is 0 Å². The third kappa shape index (κ3) is 3.34. The second kappa shape index (κ2) is 7.11. The second-order valence-electron chi connectivity index (χ2n) is 4.91. The van der Waals surface area contributed by atoms with Gasteiger partial charge in [0.05, 0.1) is 17.7 Å². The molecule has 0 radical (unpaired) electrons. The number of carbonyl (C=O) groups excluding carboxylic acids is 1. The summed E-state index contributed by atoms with van der Waals surface area (Å²) in [6.07, 6.45) is 2.05. The first-order valence-electron chi connectivity index (χ1n) is 6.88. The molecule has 1 N–H and O–H groups in total. The SMILES string of the molecule is CCN1C[C@H](NC(=O)c2ccccc2SC)[C@@H](OC)C1. The van der Waals surface area contributed by atoms with Crippen molar-refractivity contribution in [1.82, 2.24) is 10.2 Å². The summed E-state index contributed by atoms with van der Waals surface area (Å²) in [4.78, 5) is 15.7. The topological polar surface area (TPSA) is 41.6 Å². The van der Waals surface area contributed by atoms with Crippen LogP contribution in [0.2, 0.25) is 0 Å². The maximum absolute atomic E-state index is 12.4. The van der Waals surface area contributed by atoms with E-state index in [2.05, 4.69) is 17.1 Å². The molecule has 1 fully saturated rings. The zero-order valence-electron chi connectivity index (χ0n) is 12.3. The van der Waals surface area contributed by atoms with Crippen molar-refractivity contribution in [3.05, 3.63) is 29.8 Å². The predicted molar refractivity (Wildman–Crippen MR) is 82.4 cm³/mol. The molecule has 110 valence electrons. The van der Waals surface area contributed by atoms with Crippen LogP contribution >= 0.6 is 11.8 Å². The molecule has 1 amide bonds. The molecule has 1 aliphatic rings. The Hall–Kier alpha value is -1.04. The first-order chi connectivity index (χ1) is 9.69. The molecule has 2 atom stereocenters. The number of likely N-dealkylation sites (N-methyl/N-ethyl adjacent to an activating group) is 1. The van der Waals surface area contributed by atoms with Crippen molar-refractivity contribution in [2.75, 3.05) is 33.0 Å². The van der Waals surface area contributed by atoms with E-state index < -0.39 is 0 Å². The van der Waals surface area contributed by atoms with Crippen LogP contribution in [0.1, 0.15) is 17.3 Å². The fourth-order valence-electron chi connectivity index (χ4n) is 2.57. The highest BCUT2D eigenvalue weighted by Gasteiger charge is 2.33. The number of nitrogens with one attached hydrogen (secondary N) is 1. The van der Waals surface area contributed by atoms with Crippen LogP contribution in [0.5, 0.6) is 0 Å². The van der Waals surface area contributed by atoms with Crippen molar-refractivity contribution in [1.29, 1.82) is 0 Å². The van der Waals surface area contributed by atoms with Crippen LogP contribution in [0, 0.1) is 0 Å². The molecule has 0 aromatic heterocycles. The molecular formula is C15H22N2O2S. The molecule has 0 unspecified atom stereocenters. The van der Waals surface area contributed by atoms with Crippen LogP contribution in [0.25, 0.3) is 0 Å². The number of hydrogen-bond donors (Lipinski definition) is 1. The number of hydrogen-bond acceptors (Lipinski definition) is 4. The van der Waals surface area contributed by atoms with Gasteiger partial charge in [-0.1, -0.05) is 19.1 Å². The van der Waals surface area contributed by atoms with Crippen LogP contribution in [0.15, 0.2) is 29.2 Å². The molecule has 1 heterocycles. The van der Waals surface area contributed by atoms with E-state index in [1.54, 1.807) is 18.9 Å². The summed E-state index contributed by atoms with van der Waals surface area (Å²) in [5.41, 5.74) is 0.741. The fourth-order valence-corrected chi connectivity index (χ4v) is 3.16. The average Bonchev–Trinajstić information content (AvgIpc) is 2.89. The second-order valence-corrected chi connectivity index (χ2v) is 5.75. The number of ether oxygens (including phenoxy) is 1. The first kappa shape index (κ1) is 15.4. The monoisotopic (exact) mass is 294 g/mol. The molecule has 1 aliphatic heterocycles. The van der Waals surface area contributed by atoms with Gasteiger partial charge in [-0.15, -0.1) is 11.8 Å². The molecule has 20 heavy (non-hydrogen) atoms. The van der Waals surface area contributed by atoms with E-state index in [0.717, 1.165) is 30.1 Å². The summed E-state index contributed by atoms with van der Waals surface area (Å²) in [5, 5.41) is 3.12. The van der Waals surface area contributed by atoms with Crippen molar-refractivity contribution < 1.29 is 9.53 Å². The zero-order chi connectivity index (χ0) is 14.5. The lowest BCUT2D eigenvalue weighted by Gasteiger charge is -2.19. The highest BCUT2D eigenvalue weighted by molar-refractivity contribution is 7.98. The molecule has 1 aromatic carbocycles. The van der Waals surface area contributed by atoms with Gasteiger partial charge in [0, 0.05) is 25.1 Å². The first-order valence-corrected chi connectivity index (χ1v) is 8.11. The minimum Gasteiger partial charge on any atom is -0.378 e. The standard InChI is InChI=1S/C15H22N2O2S/c1-4-17-9-12(13(10-17)19-2)16-15(18)11-7-5-6-8-14(11)20-3/h5-8,12-13H,4,9-10H2,1-3H3,(H,16,18)/t12-,13-/m0/s1. The molecule has 0 spiro atoms. The molecule has 0 saturated carbocycles. The normalized spacial score (nSPS) is 22.9. The van der Waals surface area contributed by atoms with Crippen LogP contribution in [-0.4, -0.2) is 56.0 Å². The van der Waals surface area contributed by atoms with Gasteiger partial charge in [0.15, 0.2) is 0 Å². The number of benzene rings is 1. The number of thioether (sulfide) groups is 1. The summed E-state index contributed by atoms with van der Waals surface area (Å²) in [6, 6.07) is 7.75. The number of nitrogens with zero attached hydrogens (tertiary/aromatic N) is 1. The molecule has 0 aliphatic carbocycles. The Morgan fingerprint density at radius 3 is 2.85 bits per heavy atom. The number of likely N-dealkylation sites (tertiary alicyclic amines) is 1. The van der Waals surface area contributed by atoms with Crippen molar-refractivity contribution in [3.8, 4) is 0 Å². The minimum absolute atomic E-state index is 0.0139. The lowest BCUT2D eigenvalue weighted by molar-refractivity contribution is 0.0760. The molecule has 0 bridgehead atoms. The van der Waals surface area contributed by atoms with Crippen LogP contribution in [0.3, 0.4) is 0 Å². The number of carbonyl (C=O) groups is 1. The number of rotatable bonds is 5.